The Morgan fingerprint density at radius 1 is 1.38 bits per heavy atom. The first-order valence-electron chi connectivity index (χ1n) is 4.23. The molecule has 0 aliphatic heterocycles. The highest BCUT2D eigenvalue weighted by Gasteiger charge is 2.01. The SMILES string of the molecule is COc1ccc(NC(C)C)cc1Br. The summed E-state index contributed by atoms with van der Waals surface area (Å²) in [6, 6.07) is 6.40. The molecular weight excluding hydrogens is 230 g/mol. The Bertz CT molecular complexity index is 286. The second kappa shape index (κ2) is 4.51. The van der Waals surface area contributed by atoms with E-state index in [9.17, 15) is 0 Å². The van der Waals surface area contributed by atoms with Crippen LogP contribution in [0.2, 0.25) is 0 Å². The Morgan fingerprint density at radius 3 is 2.54 bits per heavy atom. The van der Waals surface area contributed by atoms with Gasteiger partial charge in [-0.15, -0.1) is 0 Å². The third-order valence-electron chi connectivity index (χ3n) is 1.61. The number of hydrogen-bond acceptors (Lipinski definition) is 2. The van der Waals surface area contributed by atoms with Gasteiger partial charge < -0.3 is 10.1 Å². The molecule has 72 valence electrons. The molecule has 0 heterocycles. The number of nitrogens with one attached hydrogen (secondary N) is 1. The smallest absolute Gasteiger partial charge is 0.133 e. The zero-order valence-electron chi connectivity index (χ0n) is 8.10. The Hall–Kier alpha value is -0.700. The average molecular weight is 244 g/mol. The minimum Gasteiger partial charge on any atom is -0.496 e. The van der Waals surface area contributed by atoms with Gasteiger partial charge in [0.15, 0.2) is 0 Å². The van der Waals surface area contributed by atoms with Crippen LogP contribution < -0.4 is 10.1 Å². The second-order valence-corrected chi connectivity index (χ2v) is 4.00. The van der Waals surface area contributed by atoms with Crippen LogP contribution in [-0.4, -0.2) is 13.2 Å². The van der Waals surface area contributed by atoms with Gasteiger partial charge in [-0.2, -0.15) is 0 Å². The second-order valence-electron chi connectivity index (χ2n) is 3.15. The van der Waals surface area contributed by atoms with E-state index >= 15 is 0 Å². The fourth-order valence-corrected chi connectivity index (χ4v) is 1.63. The number of methoxy groups -OCH3 is 1. The fourth-order valence-electron chi connectivity index (χ4n) is 1.09. The number of halogens is 1. The van der Waals surface area contributed by atoms with Crippen molar-refractivity contribution in [3.63, 3.8) is 0 Å². The third kappa shape index (κ3) is 2.92. The average Bonchev–Trinajstić information content (AvgIpc) is 2.03. The topological polar surface area (TPSA) is 21.3 Å². The van der Waals surface area contributed by atoms with Crippen LogP contribution in [0.3, 0.4) is 0 Å². The van der Waals surface area contributed by atoms with Crippen molar-refractivity contribution in [1.82, 2.24) is 0 Å². The van der Waals surface area contributed by atoms with Gasteiger partial charge in [-0.05, 0) is 48.0 Å². The van der Waals surface area contributed by atoms with Gasteiger partial charge in [0.2, 0.25) is 0 Å². The van der Waals surface area contributed by atoms with Crippen molar-refractivity contribution in [2.45, 2.75) is 19.9 Å². The van der Waals surface area contributed by atoms with Crippen LogP contribution in [0.25, 0.3) is 0 Å². The maximum Gasteiger partial charge on any atom is 0.133 e. The van der Waals surface area contributed by atoms with Gasteiger partial charge in [0, 0.05) is 11.7 Å². The predicted octanol–water partition coefficient (Wildman–Crippen LogP) is 3.28. The van der Waals surface area contributed by atoms with Crippen LogP contribution in [0.5, 0.6) is 5.75 Å². The number of anilines is 1. The lowest BCUT2D eigenvalue weighted by Gasteiger charge is -2.11. The lowest BCUT2D eigenvalue weighted by atomic mass is 10.3. The predicted molar refractivity (Wildman–Crippen MR) is 59.5 cm³/mol. The first kappa shape index (κ1) is 10.4. The zero-order chi connectivity index (χ0) is 9.84. The van der Waals surface area contributed by atoms with Gasteiger partial charge in [0.25, 0.3) is 0 Å². The monoisotopic (exact) mass is 243 g/mol. The summed E-state index contributed by atoms with van der Waals surface area (Å²) in [5.74, 6) is 0.856. The van der Waals surface area contributed by atoms with Gasteiger partial charge in [-0.3, -0.25) is 0 Å². The van der Waals surface area contributed by atoms with E-state index in [4.69, 9.17) is 4.74 Å². The highest BCUT2D eigenvalue weighted by molar-refractivity contribution is 9.10. The molecule has 0 fully saturated rings. The molecule has 0 saturated heterocycles. The quantitative estimate of drug-likeness (QED) is 0.880. The van der Waals surface area contributed by atoms with E-state index in [1.54, 1.807) is 7.11 Å². The van der Waals surface area contributed by atoms with E-state index in [1.807, 2.05) is 18.2 Å². The molecule has 0 unspecified atom stereocenters. The summed E-state index contributed by atoms with van der Waals surface area (Å²) in [6.45, 7) is 4.22. The molecule has 0 spiro atoms. The molecule has 1 rings (SSSR count). The molecule has 0 saturated carbocycles. The Kier molecular flexibility index (Phi) is 3.60. The van der Waals surface area contributed by atoms with Crippen molar-refractivity contribution in [3.05, 3.63) is 22.7 Å². The first-order valence-corrected chi connectivity index (χ1v) is 5.03. The molecule has 0 aliphatic rings. The fraction of sp³-hybridized carbons (Fsp3) is 0.400. The molecule has 2 nitrogen and oxygen atoms in total. The largest absolute Gasteiger partial charge is 0.496 e. The molecular formula is C10H14BrNO. The van der Waals surface area contributed by atoms with Crippen molar-refractivity contribution < 1.29 is 4.74 Å². The van der Waals surface area contributed by atoms with E-state index in [0.29, 0.717) is 6.04 Å². The maximum atomic E-state index is 5.13. The maximum absolute atomic E-state index is 5.13. The molecule has 3 heteroatoms. The van der Waals surface area contributed by atoms with Crippen molar-refractivity contribution in [3.8, 4) is 5.75 Å². The van der Waals surface area contributed by atoms with Crippen molar-refractivity contribution in [1.29, 1.82) is 0 Å². The van der Waals surface area contributed by atoms with Gasteiger partial charge in [0.1, 0.15) is 5.75 Å². The van der Waals surface area contributed by atoms with Crippen molar-refractivity contribution in [2.24, 2.45) is 0 Å². The summed E-state index contributed by atoms with van der Waals surface area (Å²) in [5.41, 5.74) is 1.10. The van der Waals surface area contributed by atoms with Crippen LogP contribution in [-0.2, 0) is 0 Å². The van der Waals surface area contributed by atoms with Crippen LogP contribution in [0.4, 0.5) is 5.69 Å². The number of benzene rings is 1. The lowest BCUT2D eigenvalue weighted by Crippen LogP contribution is -2.09. The Labute approximate surface area is 87.4 Å². The normalized spacial score (nSPS) is 10.2. The molecule has 0 bridgehead atoms. The molecule has 0 aliphatic carbocycles. The van der Waals surface area contributed by atoms with Gasteiger partial charge in [0.05, 0.1) is 11.6 Å². The molecule has 1 aromatic rings. The highest BCUT2D eigenvalue weighted by Crippen LogP contribution is 2.27. The van der Waals surface area contributed by atoms with E-state index in [-0.39, 0.29) is 0 Å². The van der Waals surface area contributed by atoms with E-state index in [1.165, 1.54) is 0 Å². The van der Waals surface area contributed by atoms with Crippen molar-refractivity contribution in [2.75, 3.05) is 12.4 Å². The minimum atomic E-state index is 0.445. The summed E-state index contributed by atoms with van der Waals surface area (Å²) in [7, 11) is 1.66. The summed E-state index contributed by atoms with van der Waals surface area (Å²) >= 11 is 3.43. The lowest BCUT2D eigenvalue weighted by molar-refractivity contribution is 0.412. The molecule has 1 N–H and O–H groups in total. The summed E-state index contributed by atoms with van der Waals surface area (Å²) in [5, 5.41) is 3.31. The van der Waals surface area contributed by atoms with E-state index in [2.05, 4.69) is 35.1 Å². The van der Waals surface area contributed by atoms with E-state index < -0.39 is 0 Å². The first-order chi connectivity index (χ1) is 6.13. The standard InChI is InChI=1S/C10H14BrNO/c1-7(2)12-8-4-5-10(13-3)9(11)6-8/h4-7,12H,1-3H3. The van der Waals surface area contributed by atoms with Crippen molar-refractivity contribution >= 4 is 21.6 Å². The zero-order valence-corrected chi connectivity index (χ0v) is 9.68. The van der Waals surface area contributed by atoms with Gasteiger partial charge in [-0.1, -0.05) is 0 Å². The summed E-state index contributed by atoms with van der Waals surface area (Å²) < 4.78 is 6.10. The number of rotatable bonds is 3. The van der Waals surface area contributed by atoms with Crippen LogP contribution in [0.15, 0.2) is 22.7 Å². The molecule has 0 radical (unpaired) electrons. The molecule has 1 aromatic carbocycles. The molecule has 0 aromatic heterocycles. The van der Waals surface area contributed by atoms with Gasteiger partial charge in [-0.25, -0.2) is 0 Å². The highest BCUT2D eigenvalue weighted by atomic mass is 79.9. The van der Waals surface area contributed by atoms with Gasteiger partial charge >= 0.3 is 0 Å². The molecule has 0 atom stereocenters. The van der Waals surface area contributed by atoms with Crippen LogP contribution in [0, 0.1) is 0 Å². The molecule has 0 amide bonds. The Balaban J connectivity index is 2.83. The minimum absolute atomic E-state index is 0.445. The Morgan fingerprint density at radius 2 is 2.08 bits per heavy atom. The van der Waals surface area contributed by atoms with Crippen LogP contribution >= 0.6 is 15.9 Å². The third-order valence-corrected chi connectivity index (χ3v) is 2.23. The molecule has 13 heavy (non-hydrogen) atoms. The van der Waals surface area contributed by atoms with Crippen LogP contribution in [0.1, 0.15) is 13.8 Å². The number of ether oxygens (including phenoxy) is 1. The summed E-state index contributed by atoms with van der Waals surface area (Å²) in [6.07, 6.45) is 0. The van der Waals surface area contributed by atoms with E-state index in [0.717, 1.165) is 15.9 Å². The number of hydrogen-bond donors (Lipinski definition) is 1. The summed E-state index contributed by atoms with van der Waals surface area (Å²) in [4.78, 5) is 0.